The molecule has 1 aliphatic heterocycles. The number of nitrogens with one attached hydrogen (secondary N) is 1. The summed E-state index contributed by atoms with van der Waals surface area (Å²) in [5.74, 6) is 2.64. The molecule has 2 heteroatoms. The van der Waals surface area contributed by atoms with Crippen molar-refractivity contribution in [1.82, 2.24) is 10.2 Å². The van der Waals surface area contributed by atoms with Crippen molar-refractivity contribution in [3.8, 4) is 0 Å². The van der Waals surface area contributed by atoms with Crippen LogP contribution >= 0.6 is 0 Å². The maximum atomic E-state index is 3.84. The molecule has 1 saturated heterocycles. The van der Waals surface area contributed by atoms with Crippen LogP contribution in [0.1, 0.15) is 59.8 Å². The molecule has 0 aromatic rings. The summed E-state index contributed by atoms with van der Waals surface area (Å²) in [5, 5.41) is 3.84. The molecule has 2 nitrogen and oxygen atoms in total. The molecule has 0 aromatic carbocycles. The van der Waals surface area contributed by atoms with E-state index in [-0.39, 0.29) is 0 Å². The third kappa shape index (κ3) is 3.95. The highest BCUT2D eigenvalue weighted by Gasteiger charge is 2.36. The van der Waals surface area contributed by atoms with E-state index in [9.17, 15) is 0 Å². The maximum absolute atomic E-state index is 3.84. The van der Waals surface area contributed by atoms with Gasteiger partial charge in [-0.1, -0.05) is 20.8 Å². The average Bonchev–Trinajstić information content (AvgIpc) is 2.76. The van der Waals surface area contributed by atoms with Crippen LogP contribution in [0.15, 0.2) is 0 Å². The summed E-state index contributed by atoms with van der Waals surface area (Å²) >= 11 is 0. The molecule has 1 aliphatic carbocycles. The second-order valence-corrected chi connectivity index (χ2v) is 7.26. The summed E-state index contributed by atoms with van der Waals surface area (Å²) < 4.78 is 0. The highest BCUT2D eigenvalue weighted by atomic mass is 15.2. The van der Waals surface area contributed by atoms with Crippen molar-refractivity contribution in [3.05, 3.63) is 0 Å². The van der Waals surface area contributed by atoms with E-state index in [4.69, 9.17) is 0 Å². The Balaban J connectivity index is 1.96. The second kappa shape index (κ2) is 7.08. The van der Waals surface area contributed by atoms with Crippen LogP contribution in [-0.2, 0) is 0 Å². The Morgan fingerprint density at radius 2 is 1.95 bits per heavy atom. The van der Waals surface area contributed by atoms with E-state index >= 15 is 0 Å². The number of likely N-dealkylation sites (tertiary alicyclic amines) is 1. The van der Waals surface area contributed by atoms with E-state index in [2.05, 4.69) is 37.9 Å². The molecular weight excluding hydrogens is 232 g/mol. The molecule has 1 saturated carbocycles. The Kier molecular flexibility index (Phi) is 5.70. The predicted molar refractivity (Wildman–Crippen MR) is 83.4 cm³/mol. The van der Waals surface area contributed by atoms with Gasteiger partial charge in [0, 0.05) is 18.6 Å². The normalized spacial score (nSPS) is 40.7. The highest BCUT2D eigenvalue weighted by Crippen LogP contribution is 2.35. The number of rotatable bonds is 5. The molecule has 2 fully saturated rings. The van der Waals surface area contributed by atoms with Crippen molar-refractivity contribution >= 4 is 0 Å². The standard InChI is InChI=1S/C17H34N2/c1-5-8-18-17-11-13(2)10-14(3)16(17)12-19-9-6-7-15(19)4/h13-18H,5-12H2,1-4H3. The van der Waals surface area contributed by atoms with Crippen LogP contribution in [0.2, 0.25) is 0 Å². The fraction of sp³-hybridized carbons (Fsp3) is 1.00. The third-order valence-corrected chi connectivity index (χ3v) is 5.47. The molecule has 0 aromatic heterocycles. The molecule has 0 bridgehead atoms. The minimum atomic E-state index is 0.756. The van der Waals surface area contributed by atoms with Gasteiger partial charge in [0.2, 0.25) is 0 Å². The fourth-order valence-electron chi connectivity index (χ4n) is 4.32. The minimum absolute atomic E-state index is 0.756. The predicted octanol–water partition coefficient (Wildman–Crippen LogP) is 3.52. The fourth-order valence-corrected chi connectivity index (χ4v) is 4.32. The lowest BCUT2D eigenvalue weighted by molar-refractivity contribution is 0.0984. The average molecular weight is 266 g/mol. The summed E-state index contributed by atoms with van der Waals surface area (Å²) in [4.78, 5) is 2.75. The van der Waals surface area contributed by atoms with Crippen LogP contribution in [0.3, 0.4) is 0 Å². The van der Waals surface area contributed by atoms with Crippen LogP contribution in [0, 0.1) is 17.8 Å². The van der Waals surface area contributed by atoms with Crippen LogP contribution in [-0.4, -0.2) is 36.6 Å². The lowest BCUT2D eigenvalue weighted by Crippen LogP contribution is -2.49. The van der Waals surface area contributed by atoms with Gasteiger partial charge in [0.25, 0.3) is 0 Å². The molecule has 5 unspecified atom stereocenters. The first-order chi connectivity index (χ1) is 9.11. The van der Waals surface area contributed by atoms with Gasteiger partial charge in [-0.05, 0) is 69.9 Å². The molecule has 0 radical (unpaired) electrons. The highest BCUT2D eigenvalue weighted by molar-refractivity contribution is 4.91. The van der Waals surface area contributed by atoms with Gasteiger partial charge in [-0.15, -0.1) is 0 Å². The first-order valence-electron chi connectivity index (χ1n) is 8.59. The molecule has 1 heterocycles. The summed E-state index contributed by atoms with van der Waals surface area (Å²) in [6.07, 6.45) is 6.89. The molecule has 112 valence electrons. The summed E-state index contributed by atoms with van der Waals surface area (Å²) in [6.45, 7) is 13.5. The minimum Gasteiger partial charge on any atom is -0.314 e. The van der Waals surface area contributed by atoms with Crippen molar-refractivity contribution in [3.63, 3.8) is 0 Å². The summed E-state index contributed by atoms with van der Waals surface area (Å²) in [7, 11) is 0. The van der Waals surface area contributed by atoms with Gasteiger partial charge in [-0.3, -0.25) is 0 Å². The Morgan fingerprint density at radius 1 is 1.16 bits per heavy atom. The number of nitrogens with zero attached hydrogens (tertiary/aromatic N) is 1. The molecule has 2 aliphatic rings. The topological polar surface area (TPSA) is 15.3 Å². The first kappa shape index (κ1) is 15.3. The van der Waals surface area contributed by atoms with Gasteiger partial charge in [-0.2, -0.15) is 0 Å². The van der Waals surface area contributed by atoms with Crippen molar-refractivity contribution in [2.24, 2.45) is 17.8 Å². The van der Waals surface area contributed by atoms with Gasteiger partial charge in [-0.25, -0.2) is 0 Å². The summed E-state index contributed by atoms with van der Waals surface area (Å²) in [6, 6.07) is 1.57. The van der Waals surface area contributed by atoms with Crippen LogP contribution in [0.4, 0.5) is 0 Å². The smallest absolute Gasteiger partial charge is 0.0113 e. The zero-order valence-corrected chi connectivity index (χ0v) is 13.5. The van der Waals surface area contributed by atoms with Gasteiger partial charge < -0.3 is 10.2 Å². The van der Waals surface area contributed by atoms with Gasteiger partial charge in [0.15, 0.2) is 0 Å². The summed E-state index contributed by atoms with van der Waals surface area (Å²) in [5.41, 5.74) is 0. The van der Waals surface area contributed by atoms with Crippen molar-refractivity contribution in [2.45, 2.75) is 71.9 Å². The zero-order chi connectivity index (χ0) is 13.8. The SMILES string of the molecule is CCCNC1CC(C)CC(C)C1CN1CCCC1C. The van der Waals surface area contributed by atoms with Crippen LogP contribution < -0.4 is 5.32 Å². The lowest BCUT2D eigenvalue weighted by Gasteiger charge is -2.42. The Bertz CT molecular complexity index is 266. The quantitative estimate of drug-likeness (QED) is 0.819. The van der Waals surface area contributed by atoms with Crippen molar-refractivity contribution in [2.75, 3.05) is 19.6 Å². The van der Waals surface area contributed by atoms with E-state index < -0.39 is 0 Å². The maximum Gasteiger partial charge on any atom is 0.0113 e. The van der Waals surface area contributed by atoms with E-state index in [1.54, 1.807) is 0 Å². The zero-order valence-electron chi connectivity index (χ0n) is 13.5. The van der Waals surface area contributed by atoms with Gasteiger partial charge in [0.1, 0.15) is 0 Å². The molecule has 1 N–H and O–H groups in total. The van der Waals surface area contributed by atoms with E-state index in [0.717, 1.165) is 29.8 Å². The Hall–Kier alpha value is -0.0800. The molecule has 5 atom stereocenters. The van der Waals surface area contributed by atoms with E-state index in [1.165, 1.54) is 51.7 Å². The molecule has 0 spiro atoms. The van der Waals surface area contributed by atoms with Gasteiger partial charge in [0.05, 0.1) is 0 Å². The third-order valence-electron chi connectivity index (χ3n) is 5.47. The second-order valence-electron chi connectivity index (χ2n) is 7.26. The number of hydrogen-bond acceptors (Lipinski definition) is 2. The van der Waals surface area contributed by atoms with Gasteiger partial charge >= 0.3 is 0 Å². The molecular formula is C17H34N2. The Labute approximate surface area is 120 Å². The molecule has 0 amide bonds. The largest absolute Gasteiger partial charge is 0.314 e. The van der Waals surface area contributed by atoms with E-state index in [0.29, 0.717) is 0 Å². The number of hydrogen-bond donors (Lipinski definition) is 1. The van der Waals surface area contributed by atoms with Crippen LogP contribution in [0.25, 0.3) is 0 Å². The van der Waals surface area contributed by atoms with Crippen molar-refractivity contribution in [1.29, 1.82) is 0 Å². The molecule has 2 rings (SSSR count). The van der Waals surface area contributed by atoms with Crippen molar-refractivity contribution < 1.29 is 0 Å². The Morgan fingerprint density at radius 3 is 2.58 bits per heavy atom. The van der Waals surface area contributed by atoms with E-state index in [1.807, 2.05) is 0 Å². The van der Waals surface area contributed by atoms with Crippen LogP contribution in [0.5, 0.6) is 0 Å². The lowest BCUT2D eigenvalue weighted by atomic mass is 9.72. The monoisotopic (exact) mass is 266 g/mol. The first-order valence-corrected chi connectivity index (χ1v) is 8.59. The molecule has 19 heavy (non-hydrogen) atoms.